The van der Waals surface area contributed by atoms with Gasteiger partial charge in [-0.1, -0.05) is 31.4 Å². The summed E-state index contributed by atoms with van der Waals surface area (Å²) in [6.07, 6.45) is 5.84. The molecule has 1 aromatic rings. The number of nitrogens with one attached hydrogen (secondary N) is 1. The predicted molar refractivity (Wildman–Crippen MR) is 88.8 cm³/mol. The average Bonchev–Trinajstić information content (AvgIpc) is 2.55. The molecule has 1 atom stereocenters. The first-order chi connectivity index (χ1) is 11.1. The first-order valence-electron chi connectivity index (χ1n) is 8.27. The highest BCUT2D eigenvalue weighted by atomic mass is 16.5. The number of methoxy groups -OCH3 is 1. The molecule has 0 heterocycles. The molecule has 1 fully saturated rings. The Morgan fingerprint density at radius 1 is 1.22 bits per heavy atom. The van der Waals surface area contributed by atoms with Crippen LogP contribution < -0.4 is 11.1 Å². The van der Waals surface area contributed by atoms with Crippen molar-refractivity contribution in [2.24, 2.45) is 11.7 Å². The van der Waals surface area contributed by atoms with E-state index in [0.29, 0.717) is 18.1 Å². The predicted octanol–water partition coefficient (Wildman–Crippen LogP) is 2.39. The number of hydrogen-bond donors (Lipinski definition) is 2. The number of hydrogen-bond acceptors (Lipinski definition) is 3. The van der Waals surface area contributed by atoms with Crippen molar-refractivity contribution in [2.45, 2.75) is 51.2 Å². The molecule has 2 rings (SSSR count). The molecule has 1 aromatic carbocycles. The van der Waals surface area contributed by atoms with E-state index in [0.717, 1.165) is 31.2 Å². The second-order valence-corrected chi connectivity index (χ2v) is 6.28. The van der Waals surface area contributed by atoms with Gasteiger partial charge in [-0.2, -0.15) is 0 Å². The Morgan fingerprint density at radius 3 is 2.43 bits per heavy atom. The third kappa shape index (κ3) is 5.36. The van der Waals surface area contributed by atoms with E-state index in [2.05, 4.69) is 5.32 Å². The van der Waals surface area contributed by atoms with Crippen LogP contribution in [0.25, 0.3) is 0 Å². The van der Waals surface area contributed by atoms with E-state index in [1.807, 2.05) is 12.1 Å². The molecule has 0 radical (unpaired) electrons. The number of carbonyl (C=O) groups is 2. The molecule has 0 saturated heterocycles. The fraction of sp³-hybridized carbons (Fsp3) is 0.556. The summed E-state index contributed by atoms with van der Waals surface area (Å²) in [5, 5.41) is 3.01. The number of nitrogens with two attached hydrogens (primary N) is 1. The molecule has 23 heavy (non-hydrogen) atoms. The van der Waals surface area contributed by atoms with Crippen molar-refractivity contribution >= 4 is 11.8 Å². The highest BCUT2D eigenvalue weighted by molar-refractivity contribution is 5.94. The Morgan fingerprint density at radius 2 is 1.87 bits per heavy atom. The van der Waals surface area contributed by atoms with Crippen molar-refractivity contribution in [1.82, 2.24) is 5.32 Å². The molecule has 2 amide bonds. The highest BCUT2D eigenvalue weighted by Gasteiger charge is 2.26. The number of ether oxygens (including phenoxy) is 1. The van der Waals surface area contributed by atoms with E-state index in [9.17, 15) is 9.59 Å². The molecular weight excluding hydrogens is 292 g/mol. The van der Waals surface area contributed by atoms with Crippen LogP contribution in [0.5, 0.6) is 0 Å². The summed E-state index contributed by atoms with van der Waals surface area (Å²) in [6.45, 7) is 0.522. The van der Waals surface area contributed by atoms with Gasteiger partial charge in [0.1, 0.15) is 0 Å². The largest absolute Gasteiger partial charge is 0.380 e. The van der Waals surface area contributed by atoms with Gasteiger partial charge in [-0.25, -0.2) is 0 Å². The quantitative estimate of drug-likeness (QED) is 0.810. The van der Waals surface area contributed by atoms with Crippen LogP contribution >= 0.6 is 0 Å². The number of benzene rings is 1. The molecule has 0 bridgehead atoms. The van der Waals surface area contributed by atoms with Crippen molar-refractivity contribution in [1.29, 1.82) is 0 Å². The Bertz CT molecular complexity index is 522. The van der Waals surface area contributed by atoms with Crippen molar-refractivity contribution in [3.8, 4) is 0 Å². The minimum atomic E-state index is -0.365. The van der Waals surface area contributed by atoms with Gasteiger partial charge in [0.25, 0.3) is 5.91 Å². The van der Waals surface area contributed by atoms with Gasteiger partial charge in [-0.3, -0.25) is 9.59 Å². The topological polar surface area (TPSA) is 81.4 Å². The maximum atomic E-state index is 12.5. The second-order valence-electron chi connectivity index (χ2n) is 6.28. The normalized spacial score (nSPS) is 16.7. The summed E-state index contributed by atoms with van der Waals surface area (Å²) < 4.78 is 5.06. The molecule has 3 N–H and O–H groups in total. The SMILES string of the molecule is COCc1ccc(C(=O)NC(CC(N)=O)C2CCCCC2)cc1. The Kier molecular flexibility index (Phi) is 6.59. The fourth-order valence-corrected chi connectivity index (χ4v) is 3.26. The number of primary amides is 1. The van der Waals surface area contributed by atoms with E-state index in [1.54, 1.807) is 19.2 Å². The maximum absolute atomic E-state index is 12.5. The first-order valence-corrected chi connectivity index (χ1v) is 8.27. The lowest BCUT2D eigenvalue weighted by molar-refractivity contribution is -0.118. The first kappa shape index (κ1) is 17.5. The second kappa shape index (κ2) is 8.67. The van der Waals surface area contributed by atoms with Crippen molar-refractivity contribution in [3.63, 3.8) is 0 Å². The van der Waals surface area contributed by atoms with Gasteiger partial charge in [0, 0.05) is 25.1 Å². The molecule has 0 aliphatic heterocycles. The smallest absolute Gasteiger partial charge is 0.251 e. The average molecular weight is 318 g/mol. The van der Waals surface area contributed by atoms with Crippen molar-refractivity contribution in [2.75, 3.05) is 7.11 Å². The van der Waals surface area contributed by atoms with Crippen molar-refractivity contribution < 1.29 is 14.3 Å². The van der Waals surface area contributed by atoms with Gasteiger partial charge in [-0.05, 0) is 36.5 Å². The number of carbonyl (C=O) groups excluding carboxylic acids is 2. The van der Waals surface area contributed by atoms with Gasteiger partial charge in [0.2, 0.25) is 5.91 Å². The number of rotatable bonds is 7. The van der Waals surface area contributed by atoms with Crippen LogP contribution in [0.3, 0.4) is 0 Å². The van der Waals surface area contributed by atoms with E-state index in [-0.39, 0.29) is 24.3 Å². The van der Waals surface area contributed by atoms with Crippen LogP contribution in [-0.4, -0.2) is 25.0 Å². The minimum Gasteiger partial charge on any atom is -0.380 e. The molecule has 5 nitrogen and oxygen atoms in total. The summed E-state index contributed by atoms with van der Waals surface area (Å²) in [4.78, 5) is 23.8. The van der Waals surface area contributed by atoms with Crippen LogP contribution in [0.4, 0.5) is 0 Å². The number of amides is 2. The lowest BCUT2D eigenvalue weighted by Gasteiger charge is -2.30. The molecular formula is C18H26N2O3. The van der Waals surface area contributed by atoms with Gasteiger partial charge in [0.05, 0.1) is 6.61 Å². The van der Waals surface area contributed by atoms with Gasteiger partial charge >= 0.3 is 0 Å². The third-order valence-electron chi connectivity index (χ3n) is 4.48. The van der Waals surface area contributed by atoms with Crippen LogP contribution in [0.2, 0.25) is 0 Å². The summed E-state index contributed by atoms with van der Waals surface area (Å²) in [6, 6.07) is 7.15. The summed E-state index contributed by atoms with van der Waals surface area (Å²) >= 11 is 0. The summed E-state index contributed by atoms with van der Waals surface area (Å²) in [5.74, 6) is -0.171. The van der Waals surface area contributed by atoms with Crippen LogP contribution in [0.15, 0.2) is 24.3 Å². The van der Waals surface area contributed by atoms with Gasteiger partial charge in [-0.15, -0.1) is 0 Å². The van der Waals surface area contributed by atoms with Gasteiger partial charge < -0.3 is 15.8 Å². The molecule has 126 valence electrons. The third-order valence-corrected chi connectivity index (χ3v) is 4.48. The van der Waals surface area contributed by atoms with Crippen LogP contribution in [-0.2, 0) is 16.1 Å². The van der Waals surface area contributed by atoms with E-state index in [1.165, 1.54) is 6.42 Å². The summed E-state index contributed by atoms with van der Waals surface area (Å²) in [7, 11) is 1.64. The zero-order valence-electron chi connectivity index (χ0n) is 13.7. The minimum absolute atomic E-state index is 0.147. The Labute approximate surface area is 137 Å². The Balaban J connectivity index is 2.02. The molecule has 1 unspecified atom stereocenters. The monoisotopic (exact) mass is 318 g/mol. The van der Waals surface area contributed by atoms with Crippen LogP contribution in [0, 0.1) is 5.92 Å². The fourth-order valence-electron chi connectivity index (χ4n) is 3.26. The molecule has 1 aliphatic carbocycles. The molecule has 0 spiro atoms. The van der Waals surface area contributed by atoms with E-state index < -0.39 is 0 Å². The zero-order chi connectivity index (χ0) is 16.7. The van der Waals surface area contributed by atoms with Gasteiger partial charge in [0.15, 0.2) is 0 Å². The van der Waals surface area contributed by atoms with Crippen molar-refractivity contribution in [3.05, 3.63) is 35.4 Å². The lowest BCUT2D eigenvalue weighted by Crippen LogP contribution is -2.43. The molecule has 0 aromatic heterocycles. The highest BCUT2D eigenvalue weighted by Crippen LogP contribution is 2.28. The molecule has 1 aliphatic rings. The van der Waals surface area contributed by atoms with E-state index in [4.69, 9.17) is 10.5 Å². The summed E-state index contributed by atoms with van der Waals surface area (Å²) in [5.41, 5.74) is 6.97. The van der Waals surface area contributed by atoms with E-state index >= 15 is 0 Å². The maximum Gasteiger partial charge on any atom is 0.251 e. The zero-order valence-corrected chi connectivity index (χ0v) is 13.7. The van der Waals surface area contributed by atoms with Crippen LogP contribution in [0.1, 0.15) is 54.4 Å². The lowest BCUT2D eigenvalue weighted by atomic mass is 9.82. The molecule has 1 saturated carbocycles. The standard InChI is InChI=1S/C18H26N2O3/c1-23-12-13-7-9-15(10-8-13)18(22)20-16(11-17(19)21)14-5-3-2-4-6-14/h7-10,14,16H,2-6,11-12H2,1H3,(H2,19,21)(H,20,22). The Hall–Kier alpha value is -1.88. The molecule has 5 heteroatoms.